The van der Waals surface area contributed by atoms with E-state index in [1.165, 1.54) is 17.3 Å². The van der Waals surface area contributed by atoms with Crippen molar-refractivity contribution in [2.24, 2.45) is 10.2 Å². The van der Waals surface area contributed by atoms with E-state index in [4.69, 9.17) is 11.6 Å². The number of fused-ring (bicyclic) bond motifs is 1. The Morgan fingerprint density at radius 1 is 1.23 bits per heavy atom. The number of amides is 2. The van der Waals surface area contributed by atoms with Gasteiger partial charge in [-0.3, -0.25) is 9.59 Å². The summed E-state index contributed by atoms with van der Waals surface area (Å²) in [6.45, 7) is 1.89. The number of anilines is 1. The molecular weight excluding hydrogens is 420 g/mol. The van der Waals surface area contributed by atoms with E-state index in [0.29, 0.717) is 15.9 Å². The standard InChI is InChI=1S/C22H21ClN4O2S/c1-13-9-10-15(11-17(13)23)24-20(28)12-19-21(29)25-22(30-19)27-26-18-8-4-6-14-5-2-3-7-16(14)18/h2-3,5,7,9-11,19H,4,6,8,12H2,1H3,(H,24,28)(H,25,27,29)/b26-18+. The highest BCUT2D eigenvalue weighted by Gasteiger charge is 2.32. The zero-order valence-electron chi connectivity index (χ0n) is 16.4. The summed E-state index contributed by atoms with van der Waals surface area (Å²) in [5.74, 6) is -0.489. The van der Waals surface area contributed by atoms with E-state index >= 15 is 0 Å². The van der Waals surface area contributed by atoms with Crippen LogP contribution in [0.2, 0.25) is 5.02 Å². The largest absolute Gasteiger partial charge is 0.326 e. The molecule has 0 aromatic heterocycles. The molecule has 1 unspecified atom stereocenters. The van der Waals surface area contributed by atoms with Crippen molar-refractivity contribution >= 4 is 51.7 Å². The number of halogens is 1. The number of hydrogen-bond donors (Lipinski definition) is 2. The quantitative estimate of drug-likeness (QED) is 0.695. The number of carbonyl (C=O) groups excluding carboxylic acids is 2. The van der Waals surface area contributed by atoms with Crippen LogP contribution in [0.25, 0.3) is 0 Å². The molecule has 2 amide bonds. The second kappa shape index (κ2) is 9.02. The molecule has 4 rings (SSSR count). The van der Waals surface area contributed by atoms with Gasteiger partial charge in [-0.15, -0.1) is 5.10 Å². The number of rotatable bonds is 4. The van der Waals surface area contributed by atoms with E-state index in [1.54, 1.807) is 12.1 Å². The summed E-state index contributed by atoms with van der Waals surface area (Å²) < 4.78 is 0. The summed E-state index contributed by atoms with van der Waals surface area (Å²) in [6, 6.07) is 13.5. The van der Waals surface area contributed by atoms with E-state index in [1.807, 2.05) is 25.1 Å². The molecule has 0 radical (unpaired) electrons. The third-order valence-corrected chi connectivity index (χ3v) is 6.53. The van der Waals surface area contributed by atoms with E-state index in [0.717, 1.165) is 36.1 Å². The van der Waals surface area contributed by atoms with Crippen LogP contribution in [-0.2, 0) is 16.0 Å². The van der Waals surface area contributed by atoms with Crippen LogP contribution < -0.4 is 10.6 Å². The minimum Gasteiger partial charge on any atom is -0.326 e. The third-order valence-electron chi connectivity index (χ3n) is 5.05. The van der Waals surface area contributed by atoms with Crippen molar-refractivity contribution in [1.29, 1.82) is 0 Å². The molecule has 1 fully saturated rings. The Bertz CT molecular complexity index is 1070. The summed E-state index contributed by atoms with van der Waals surface area (Å²) in [7, 11) is 0. The summed E-state index contributed by atoms with van der Waals surface area (Å²) in [5.41, 5.74) is 4.86. The lowest BCUT2D eigenvalue weighted by atomic mass is 9.90. The average Bonchev–Trinajstić information content (AvgIpc) is 3.08. The van der Waals surface area contributed by atoms with Crippen molar-refractivity contribution in [3.63, 3.8) is 0 Å². The Kier molecular flexibility index (Phi) is 6.20. The van der Waals surface area contributed by atoms with Crippen LogP contribution in [0, 0.1) is 6.92 Å². The van der Waals surface area contributed by atoms with Gasteiger partial charge in [0.15, 0.2) is 5.17 Å². The molecule has 1 aliphatic heterocycles. The van der Waals surface area contributed by atoms with Gasteiger partial charge in [0.2, 0.25) is 11.8 Å². The fourth-order valence-electron chi connectivity index (χ4n) is 3.45. The van der Waals surface area contributed by atoms with Gasteiger partial charge in [0.1, 0.15) is 5.25 Å². The lowest BCUT2D eigenvalue weighted by Gasteiger charge is -2.16. The predicted molar refractivity (Wildman–Crippen MR) is 122 cm³/mol. The maximum atomic E-state index is 12.3. The van der Waals surface area contributed by atoms with Gasteiger partial charge in [0, 0.05) is 22.7 Å². The summed E-state index contributed by atoms with van der Waals surface area (Å²) in [5, 5.41) is 14.6. The summed E-state index contributed by atoms with van der Waals surface area (Å²) in [4.78, 5) is 24.6. The van der Waals surface area contributed by atoms with Crippen molar-refractivity contribution in [2.45, 2.75) is 37.9 Å². The van der Waals surface area contributed by atoms with Gasteiger partial charge in [-0.05, 0) is 49.4 Å². The molecule has 0 saturated carbocycles. The van der Waals surface area contributed by atoms with Crippen LogP contribution in [0.5, 0.6) is 0 Å². The second-order valence-electron chi connectivity index (χ2n) is 7.27. The third kappa shape index (κ3) is 4.74. The van der Waals surface area contributed by atoms with Crippen molar-refractivity contribution in [2.75, 3.05) is 5.32 Å². The Morgan fingerprint density at radius 3 is 2.90 bits per heavy atom. The number of aryl methyl sites for hydroxylation is 2. The molecule has 6 nitrogen and oxygen atoms in total. The normalized spacial score (nSPS) is 20.9. The van der Waals surface area contributed by atoms with Crippen LogP contribution >= 0.6 is 23.4 Å². The molecule has 1 heterocycles. The number of thioether (sulfide) groups is 1. The number of benzene rings is 2. The Hall–Kier alpha value is -2.64. The van der Waals surface area contributed by atoms with Crippen molar-refractivity contribution < 1.29 is 9.59 Å². The van der Waals surface area contributed by atoms with Gasteiger partial charge in [-0.1, -0.05) is 53.7 Å². The molecule has 1 aliphatic carbocycles. The maximum Gasteiger partial charge on any atom is 0.240 e. The molecule has 2 aromatic rings. The molecule has 8 heteroatoms. The van der Waals surface area contributed by atoms with E-state index in [2.05, 4.69) is 33.0 Å². The molecule has 2 N–H and O–H groups in total. The number of hydrogen-bond acceptors (Lipinski definition) is 5. The molecule has 154 valence electrons. The topological polar surface area (TPSA) is 82.9 Å². The number of amidine groups is 1. The van der Waals surface area contributed by atoms with Crippen LogP contribution in [0.4, 0.5) is 5.69 Å². The van der Waals surface area contributed by atoms with Gasteiger partial charge < -0.3 is 10.6 Å². The Balaban J connectivity index is 1.39. The SMILES string of the molecule is Cc1ccc(NC(=O)CC2S/C(=N\N=C3/CCCc4ccccc43)NC2=O)cc1Cl. The molecule has 1 saturated heterocycles. The lowest BCUT2D eigenvalue weighted by molar-refractivity contribution is -0.122. The monoisotopic (exact) mass is 440 g/mol. The highest BCUT2D eigenvalue weighted by Crippen LogP contribution is 2.26. The van der Waals surface area contributed by atoms with Crippen LogP contribution in [0.3, 0.4) is 0 Å². The highest BCUT2D eigenvalue weighted by atomic mass is 35.5. The van der Waals surface area contributed by atoms with Crippen molar-refractivity contribution in [3.8, 4) is 0 Å². The van der Waals surface area contributed by atoms with Gasteiger partial charge >= 0.3 is 0 Å². The minimum atomic E-state index is -0.538. The van der Waals surface area contributed by atoms with E-state index in [-0.39, 0.29) is 18.2 Å². The molecular formula is C22H21ClN4O2S. The molecule has 0 bridgehead atoms. The maximum absolute atomic E-state index is 12.3. The second-order valence-corrected chi connectivity index (χ2v) is 8.87. The van der Waals surface area contributed by atoms with Crippen molar-refractivity contribution in [1.82, 2.24) is 5.32 Å². The average molecular weight is 441 g/mol. The molecule has 1 atom stereocenters. The first-order valence-corrected chi connectivity index (χ1v) is 11.0. The van der Waals surface area contributed by atoms with E-state index < -0.39 is 5.25 Å². The predicted octanol–water partition coefficient (Wildman–Crippen LogP) is 4.31. The minimum absolute atomic E-state index is 0.0421. The Labute approximate surface area is 184 Å². The molecule has 2 aliphatic rings. The molecule has 0 spiro atoms. The molecule has 30 heavy (non-hydrogen) atoms. The number of nitrogens with one attached hydrogen (secondary N) is 2. The number of nitrogens with zero attached hydrogens (tertiary/aromatic N) is 2. The first-order valence-electron chi connectivity index (χ1n) is 9.76. The van der Waals surface area contributed by atoms with Gasteiger partial charge in [0.25, 0.3) is 0 Å². The first kappa shape index (κ1) is 20.6. The number of carbonyl (C=O) groups is 2. The zero-order chi connectivity index (χ0) is 21.1. The molecule has 2 aromatic carbocycles. The zero-order valence-corrected chi connectivity index (χ0v) is 18.0. The van der Waals surface area contributed by atoms with Crippen LogP contribution in [0.1, 0.15) is 36.0 Å². The smallest absolute Gasteiger partial charge is 0.240 e. The first-order chi connectivity index (χ1) is 14.5. The fraction of sp³-hybridized carbons (Fsp3) is 0.273. The van der Waals surface area contributed by atoms with Gasteiger partial charge in [-0.2, -0.15) is 5.10 Å². The lowest BCUT2D eigenvalue weighted by Crippen LogP contribution is -2.28. The van der Waals surface area contributed by atoms with Gasteiger partial charge in [-0.25, -0.2) is 0 Å². The summed E-state index contributed by atoms with van der Waals surface area (Å²) >= 11 is 7.32. The van der Waals surface area contributed by atoms with Gasteiger partial charge in [0.05, 0.1) is 5.71 Å². The van der Waals surface area contributed by atoms with Crippen molar-refractivity contribution in [3.05, 3.63) is 64.2 Å². The summed E-state index contributed by atoms with van der Waals surface area (Å²) in [6.07, 6.45) is 2.98. The van der Waals surface area contributed by atoms with Crippen LogP contribution in [-0.4, -0.2) is 27.9 Å². The van der Waals surface area contributed by atoms with Crippen LogP contribution in [0.15, 0.2) is 52.7 Å². The Morgan fingerprint density at radius 2 is 2.07 bits per heavy atom. The fourth-order valence-corrected chi connectivity index (χ4v) is 4.55. The van der Waals surface area contributed by atoms with E-state index in [9.17, 15) is 9.59 Å². The highest BCUT2D eigenvalue weighted by molar-refractivity contribution is 8.15.